The van der Waals surface area contributed by atoms with Gasteiger partial charge in [0.15, 0.2) is 0 Å². The van der Waals surface area contributed by atoms with Crippen molar-refractivity contribution in [3.05, 3.63) is 135 Å². The van der Waals surface area contributed by atoms with Crippen molar-refractivity contribution in [2.24, 2.45) is 0 Å². The highest BCUT2D eigenvalue weighted by molar-refractivity contribution is 5.82. The summed E-state index contributed by atoms with van der Waals surface area (Å²) in [6.07, 6.45) is 7.42. The van der Waals surface area contributed by atoms with Crippen LogP contribution in [0.4, 0.5) is 0 Å². The van der Waals surface area contributed by atoms with E-state index in [1.54, 1.807) is 31.4 Å². The molecule has 0 saturated carbocycles. The van der Waals surface area contributed by atoms with E-state index < -0.39 is 22.8 Å². The number of benzene rings is 3. The first-order chi connectivity index (χ1) is 23.8. The number of rotatable bonds is 13. The lowest BCUT2D eigenvalue weighted by Gasteiger charge is -2.34. The number of piperidine rings is 1. The van der Waals surface area contributed by atoms with Gasteiger partial charge in [-0.05, 0) is 94.5 Å². The molecule has 5 aromatic rings. The van der Waals surface area contributed by atoms with Gasteiger partial charge in [-0.3, -0.25) is 9.36 Å². The molecule has 9 heteroatoms. The van der Waals surface area contributed by atoms with Gasteiger partial charge in [-0.15, -0.1) is 0 Å². The molecule has 0 radical (unpaired) electrons. The SMILES string of the molecule is CCOC(=O)C(C)(C)n1c(=O)c2cc(-n3cccc3)ccc2n(CCCCN2CCC(OC(c3ccccc3)c3ccccc3)CC2)c1=O. The van der Waals surface area contributed by atoms with E-state index in [1.807, 2.05) is 53.4 Å². The summed E-state index contributed by atoms with van der Waals surface area (Å²) in [7, 11) is 0. The number of ether oxygens (including phenoxy) is 2. The van der Waals surface area contributed by atoms with Gasteiger partial charge in [0.25, 0.3) is 5.56 Å². The van der Waals surface area contributed by atoms with Crippen molar-refractivity contribution in [3.8, 4) is 5.69 Å². The Bertz CT molecular complexity index is 1920. The summed E-state index contributed by atoms with van der Waals surface area (Å²) in [6.45, 7) is 8.22. The van der Waals surface area contributed by atoms with Crippen molar-refractivity contribution in [1.82, 2.24) is 18.6 Å². The standard InChI is InChI=1S/C40H46N4O5/c1-4-48-38(46)40(2,3)44-37(45)34-29-32(42-24-12-13-25-42)19-20-35(34)43(39(44)47)26-14-11-23-41-27-21-33(22-28-41)49-36(30-15-7-5-8-16-30)31-17-9-6-10-18-31/h5-10,12-13,15-20,24-25,29,33,36H,4,11,14,21-23,26-28H2,1-3H3. The van der Waals surface area contributed by atoms with Crippen LogP contribution in [0.15, 0.2) is 113 Å². The molecule has 1 fully saturated rings. The third kappa shape index (κ3) is 7.48. The average molecular weight is 663 g/mol. The Hall–Kier alpha value is -4.73. The molecule has 1 aliphatic rings. The number of unbranched alkanes of at least 4 members (excludes halogenated alkanes) is 1. The Morgan fingerprint density at radius 3 is 2.06 bits per heavy atom. The molecule has 0 unspecified atom stereocenters. The molecule has 0 spiro atoms. The number of likely N-dealkylation sites (tertiary alicyclic amines) is 1. The number of aryl methyl sites for hydroxylation is 1. The van der Waals surface area contributed by atoms with Crippen LogP contribution in [0, 0.1) is 0 Å². The topological polar surface area (TPSA) is 87.7 Å². The first-order valence-corrected chi connectivity index (χ1v) is 17.4. The predicted octanol–water partition coefficient (Wildman–Crippen LogP) is 6.30. The molecule has 9 nitrogen and oxygen atoms in total. The molecule has 2 aromatic heterocycles. The van der Waals surface area contributed by atoms with Crippen molar-refractivity contribution < 1.29 is 14.3 Å². The van der Waals surface area contributed by atoms with Crippen molar-refractivity contribution in [3.63, 3.8) is 0 Å². The lowest BCUT2D eigenvalue weighted by molar-refractivity contribution is -0.152. The molecular formula is C40H46N4O5. The second-order valence-electron chi connectivity index (χ2n) is 13.2. The lowest BCUT2D eigenvalue weighted by Crippen LogP contribution is -2.53. The summed E-state index contributed by atoms with van der Waals surface area (Å²) in [5, 5.41) is 0.384. The fourth-order valence-corrected chi connectivity index (χ4v) is 6.81. The number of hydrogen-bond donors (Lipinski definition) is 0. The molecule has 3 heterocycles. The Morgan fingerprint density at radius 1 is 0.837 bits per heavy atom. The van der Waals surface area contributed by atoms with Gasteiger partial charge in [-0.1, -0.05) is 60.7 Å². The second kappa shape index (κ2) is 15.2. The molecule has 256 valence electrons. The zero-order valence-corrected chi connectivity index (χ0v) is 28.7. The Labute approximate surface area is 287 Å². The first kappa shape index (κ1) is 34.1. The van der Waals surface area contributed by atoms with Crippen LogP contribution in [-0.4, -0.2) is 56.9 Å². The Morgan fingerprint density at radius 2 is 1.45 bits per heavy atom. The van der Waals surface area contributed by atoms with Gasteiger partial charge in [0.2, 0.25) is 0 Å². The van der Waals surface area contributed by atoms with Crippen LogP contribution in [0.25, 0.3) is 16.6 Å². The number of esters is 1. The average Bonchev–Trinajstić information content (AvgIpc) is 3.67. The Balaban J connectivity index is 1.13. The van der Waals surface area contributed by atoms with Gasteiger partial charge >= 0.3 is 11.7 Å². The van der Waals surface area contributed by atoms with Gasteiger partial charge in [-0.25, -0.2) is 14.2 Å². The molecule has 0 atom stereocenters. The maximum atomic E-state index is 14.0. The van der Waals surface area contributed by atoms with E-state index in [0.717, 1.165) is 66.7 Å². The molecule has 6 rings (SSSR count). The minimum absolute atomic E-state index is 0.0940. The largest absolute Gasteiger partial charge is 0.464 e. The monoisotopic (exact) mass is 662 g/mol. The van der Waals surface area contributed by atoms with Crippen molar-refractivity contribution in [2.45, 2.75) is 70.7 Å². The molecule has 0 aliphatic carbocycles. The van der Waals surface area contributed by atoms with Crippen LogP contribution in [0.2, 0.25) is 0 Å². The van der Waals surface area contributed by atoms with E-state index in [9.17, 15) is 14.4 Å². The van der Waals surface area contributed by atoms with E-state index in [2.05, 4.69) is 53.4 Å². The van der Waals surface area contributed by atoms with Crippen molar-refractivity contribution in [2.75, 3.05) is 26.2 Å². The van der Waals surface area contributed by atoms with E-state index in [1.165, 1.54) is 0 Å². The maximum Gasteiger partial charge on any atom is 0.332 e. The molecule has 49 heavy (non-hydrogen) atoms. The maximum absolute atomic E-state index is 14.0. The number of carbonyl (C=O) groups excluding carboxylic acids is 1. The van der Waals surface area contributed by atoms with Gasteiger partial charge in [0.05, 0.1) is 23.6 Å². The summed E-state index contributed by atoms with van der Waals surface area (Å²) in [5.41, 5.74) is 1.20. The van der Waals surface area contributed by atoms with Crippen LogP contribution in [0.1, 0.15) is 63.7 Å². The van der Waals surface area contributed by atoms with Gasteiger partial charge in [0.1, 0.15) is 11.6 Å². The van der Waals surface area contributed by atoms with Crippen LogP contribution in [0.3, 0.4) is 0 Å². The zero-order chi connectivity index (χ0) is 34.4. The van der Waals surface area contributed by atoms with E-state index >= 15 is 0 Å². The number of carbonyl (C=O) groups is 1. The quantitative estimate of drug-likeness (QED) is 0.109. The second-order valence-corrected chi connectivity index (χ2v) is 13.2. The van der Waals surface area contributed by atoms with Crippen LogP contribution >= 0.6 is 0 Å². The fraction of sp³-hybridized carbons (Fsp3) is 0.375. The zero-order valence-electron chi connectivity index (χ0n) is 28.7. The van der Waals surface area contributed by atoms with E-state index in [-0.39, 0.29) is 18.8 Å². The lowest BCUT2D eigenvalue weighted by atomic mass is 10.00. The third-order valence-corrected chi connectivity index (χ3v) is 9.54. The van der Waals surface area contributed by atoms with E-state index in [4.69, 9.17) is 9.47 Å². The molecular weight excluding hydrogens is 616 g/mol. The van der Waals surface area contributed by atoms with Crippen LogP contribution in [-0.2, 0) is 26.4 Å². The Kier molecular flexibility index (Phi) is 10.6. The highest BCUT2D eigenvalue weighted by atomic mass is 16.5. The molecule has 0 N–H and O–H groups in total. The molecule has 0 bridgehead atoms. The normalized spacial score (nSPS) is 14.4. The number of fused-ring (bicyclic) bond motifs is 1. The summed E-state index contributed by atoms with van der Waals surface area (Å²) >= 11 is 0. The molecule has 0 amide bonds. The minimum atomic E-state index is -1.48. The van der Waals surface area contributed by atoms with Crippen LogP contribution in [0.5, 0.6) is 0 Å². The minimum Gasteiger partial charge on any atom is -0.464 e. The molecule has 3 aromatic carbocycles. The first-order valence-electron chi connectivity index (χ1n) is 17.4. The summed E-state index contributed by atoms with van der Waals surface area (Å²) < 4.78 is 16.6. The van der Waals surface area contributed by atoms with Gasteiger partial charge in [-0.2, -0.15) is 0 Å². The predicted molar refractivity (Wildman–Crippen MR) is 192 cm³/mol. The smallest absolute Gasteiger partial charge is 0.332 e. The molecule has 1 saturated heterocycles. The van der Waals surface area contributed by atoms with E-state index in [0.29, 0.717) is 17.4 Å². The number of nitrogens with zero attached hydrogens (tertiary/aromatic N) is 4. The number of aromatic nitrogens is 3. The summed E-state index contributed by atoms with van der Waals surface area (Å²) in [6, 6.07) is 30.2. The van der Waals surface area contributed by atoms with Gasteiger partial charge in [0, 0.05) is 37.7 Å². The van der Waals surface area contributed by atoms with Gasteiger partial charge < -0.3 is 18.9 Å². The summed E-state index contributed by atoms with van der Waals surface area (Å²) in [4.78, 5) is 43.3. The highest BCUT2D eigenvalue weighted by Crippen LogP contribution is 2.30. The fourth-order valence-electron chi connectivity index (χ4n) is 6.81. The van der Waals surface area contributed by atoms with Crippen LogP contribution < -0.4 is 11.2 Å². The third-order valence-electron chi connectivity index (χ3n) is 9.54. The van der Waals surface area contributed by atoms with Crippen molar-refractivity contribution in [1.29, 1.82) is 0 Å². The summed E-state index contributed by atoms with van der Waals surface area (Å²) in [5.74, 6) is -0.618. The molecule has 1 aliphatic heterocycles. The number of hydrogen-bond acceptors (Lipinski definition) is 6. The highest BCUT2D eigenvalue weighted by Gasteiger charge is 2.36. The van der Waals surface area contributed by atoms with Crippen molar-refractivity contribution >= 4 is 16.9 Å².